The van der Waals surface area contributed by atoms with Crippen LogP contribution in [0.15, 0.2) is 47.4 Å². The monoisotopic (exact) mass is 538 g/mol. The van der Waals surface area contributed by atoms with E-state index in [0.29, 0.717) is 60.8 Å². The molecule has 0 aliphatic heterocycles. The van der Waals surface area contributed by atoms with Crippen LogP contribution in [-0.4, -0.2) is 22.1 Å². The van der Waals surface area contributed by atoms with E-state index in [1.165, 1.54) is 16.7 Å². The van der Waals surface area contributed by atoms with Crippen molar-refractivity contribution in [3.8, 4) is 22.6 Å². The molecule has 202 valence electrons. The zero-order chi connectivity index (χ0) is 28.4. The van der Waals surface area contributed by atoms with E-state index in [2.05, 4.69) is 5.32 Å². The molecule has 2 aromatic heterocycles. The van der Waals surface area contributed by atoms with Gasteiger partial charge in [0, 0.05) is 36.3 Å². The zero-order valence-corrected chi connectivity index (χ0v) is 24.0. The molecule has 1 amide bonds. The van der Waals surface area contributed by atoms with Gasteiger partial charge in [-0.3, -0.25) is 9.59 Å². The number of aryl methyl sites for hydroxylation is 3. The van der Waals surface area contributed by atoms with Crippen molar-refractivity contribution >= 4 is 27.3 Å². The SMILES string of the molecule is CC.CCNC(=O)c1cc2c(-c3cc(C(C)(C)O)ccc3Oc3c(C)cc(F)cc3C)cn(C)c(=O)c2s1. The van der Waals surface area contributed by atoms with Crippen LogP contribution in [0.25, 0.3) is 21.2 Å². The smallest absolute Gasteiger partial charge is 0.268 e. The number of pyridine rings is 1. The number of fused-ring (bicyclic) bond motifs is 1. The molecule has 0 spiro atoms. The van der Waals surface area contributed by atoms with Gasteiger partial charge in [0.2, 0.25) is 0 Å². The molecule has 0 radical (unpaired) electrons. The molecular weight excluding hydrogens is 503 g/mol. The third-order valence-electron chi connectivity index (χ3n) is 6.03. The number of thiophene rings is 1. The Labute approximate surface area is 226 Å². The zero-order valence-electron chi connectivity index (χ0n) is 23.2. The minimum Gasteiger partial charge on any atom is -0.456 e. The first-order valence-corrected chi connectivity index (χ1v) is 13.5. The number of benzene rings is 2. The number of aliphatic hydroxyl groups is 1. The van der Waals surface area contributed by atoms with E-state index in [4.69, 9.17) is 4.74 Å². The van der Waals surface area contributed by atoms with Gasteiger partial charge < -0.3 is 19.7 Å². The Hall–Kier alpha value is -3.49. The Balaban J connectivity index is 0.00000195. The highest BCUT2D eigenvalue weighted by Crippen LogP contribution is 2.42. The molecule has 0 bridgehead atoms. The van der Waals surface area contributed by atoms with Gasteiger partial charge >= 0.3 is 0 Å². The number of carbonyl (C=O) groups excluding carboxylic acids is 1. The number of carbonyl (C=O) groups is 1. The number of rotatable bonds is 6. The normalized spacial score (nSPS) is 11.2. The second-order valence-corrected chi connectivity index (χ2v) is 10.5. The molecule has 6 nitrogen and oxygen atoms in total. The fraction of sp³-hybridized carbons (Fsp3) is 0.333. The van der Waals surface area contributed by atoms with E-state index in [1.807, 2.05) is 26.8 Å². The van der Waals surface area contributed by atoms with Gasteiger partial charge in [-0.05, 0) is 81.6 Å². The average molecular weight is 539 g/mol. The topological polar surface area (TPSA) is 80.6 Å². The summed E-state index contributed by atoms with van der Waals surface area (Å²) < 4.78 is 22.2. The van der Waals surface area contributed by atoms with Gasteiger partial charge in [0.05, 0.1) is 10.5 Å². The molecule has 2 aromatic carbocycles. The summed E-state index contributed by atoms with van der Waals surface area (Å²) in [6.07, 6.45) is 1.71. The maximum atomic E-state index is 13.9. The van der Waals surface area contributed by atoms with Crippen LogP contribution in [0, 0.1) is 19.7 Å². The first kappa shape index (κ1) is 29.1. The predicted octanol–water partition coefficient (Wildman–Crippen LogP) is 6.82. The quantitative estimate of drug-likeness (QED) is 0.282. The Morgan fingerprint density at radius 1 is 1.11 bits per heavy atom. The van der Waals surface area contributed by atoms with Crippen LogP contribution in [0.4, 0.5) is 4.39 Å². The highest BCUT2D eigenvalue weighted by molar-refractivity contribution is 7.20. The van der Waals surface area contributed by atoms with Crippen LogP contribution >= 0.6 is 11.3 Å². The lowest BCUT2D eigenvalue weighted by Crippen LogP contribution is -2.21. The maximum Gasteiger partial charge on any atom is 0.268 e. The second kappa shape index (κ2) is 11.5. The lowest BCUT2D eigenvalue weighted by molar-refractivity contribution is 0.0786. The minimum absolute atomic E-state index is 0.208. The third-order valence-corrected chi connectivity index (χ3v) is 7.16. The second-order valence-electron chi connectivity index (χ2n) is 9.41. The summed E-state index contributed by atoms with van der Waals surface area (Å²) in [4.78, 5) is 26.0. The summed E-state index contributed by atoms with van der Waals surface area (Å²) in [7, 11) is 1.66. The van der Waals surface area contributed by atoms with Crippen LogP contribution in [0.3, 0.4) is 0 Å². The fourth-order valence-electron chi connectivity index (χ4n) is 4.18. The van der Waals surface area contributed by atoms with Crippen LogP contribution < -0.4 is 15.6 Å². The molecule has 0 unspecified atom stereocenters. The summed E-state index contributed by atoms with van der Waals surface area (Å²) in [6.45, 7) is 13.2. The van der Waals surface area contributed by atoms with Gasteiger partial charge in [0.25, 0.3) is 11.5 Å². The Bertz CT molecular complexity index is 1520. The van der Waals surface area contributed by atoms with Crippen molar-refractivity contribution in [1.82, 2.24) is 9.88 Å². The number of hydrogen-bond donors (Lipinski definition) is 2. The number of ether oxygens (including phenoxy) is 1. The Morgan fingerprint density at radius 2 is 1.74 bits per heavy atom. The molecule has 2 heterocycles. The first-order valence-electron chi connectivity index (χ1n) is 12.6. The van der Waals surface area contributed by atoms with Crippen molar-refractivity contribution in [2.45, 2.75) is 54.1 Å². The summed E-state index contributed by atoms with van der Waals surface area (Å²) >= 11 is 1.14. The fourth-order valence-corrected chi connectivity index (χ4v) is 5.26. The molecule has 0 fully saturated rings. The van der Waals surface area contributed by atoms with Gasteiger partial charge in [-0.15, -0.1) is 11.3 Å². The number of nitrogens with one attached hydrogen (secondary N) is 1. The average Bonchev–Trinajstić information content (AvgIpc) is 3.30. The van der Waals surface area contributed by atoms with Crippen molar-refractivity contribution < 1.29 is 19.0 Å². The molecule has 0 saturated carbocycles. The lowest BCUT2D eigenvalue weighted by Gasteiger charge is -2.22. The summed E-state index contributed by atoms with van der Waals surface area (Å²) in [5.41, 5.74) is 1.92. The molecule has 0 saturated heterocycles. The van der Waals surface area contributed by atoms with Crippen molar-refractivity contribution in [3.63, 3.8) is 0 Å². The number of aromatic nitrogens is 1. The number of nitrogens with zero attached hydrogens (tertiary/aromatic N) is 1. The largest absolute Gasteiger partial charge is 0.456 e. The summed E-state index contributed by atoms with van der Waals surface area (Å²) in [6, 6.07) is 9.91. The summed E-state index contributed by atoms with van der Waals surface area (Å²) in [5, 5.41) is 14.1. The van der Waals surface area contributed by atoms with Gasteiger partial charge in [-0.25, -0.2) is 4.39 Å². The van der Waals surface area contributed by atoms with E-state index in [0.717, 1.165) is 11.3 Å². The Kier molecular flexibility index (Phi) is 8.79. The lowest BCUT2D eigenvalue weighted by atomic mass is 9.93. The molecule has 4 aromatic rings. The molecule has 0 aliphatic carbocycles. The van der Waals surface area contributed by atoms with Gasteiger partial charge in [0.15, 0.2) is 0 Å². The molecule has 4 rings (SSSR count). The highest BCUT2D eigenvalue weighted by atomic mass is 32.1. The molecular formula is C30H35FN2O4S. The molecule has 0 atom stereocenters. The van der Waals surface area contributed by atoms with Crippen LogP contribution in [0.5, 0.6) is 11.5 Å². The summed E-state index contributed by atoms with van der Waals surface area (Å²) in [5.74, 6) is 0.423. The number of hydrogen-bond acceptors (Lipinski definition) is 5. The Morgan fingerprint density at radius 3 is 2.32 bits per heavy atom. The molecule has 8 heteroatoms. The first-order chi connectivity index (χ1) is 17.9. The molecule has 38 heavy (non-hydrogen) atoms. The van der Waals surface area contributed by atoms with E-state index in [1.54, 1.807) is 59.1 Å². The van der Waals surface area contributed by atoms with Crippen LogP contribution in [0.2, 0.25) is 0 Å². The standard InChI is InChI=1S/C28H29FN2O4S.C2H6/c1-7-30-26(32)23-13-20-21(14-31(6)27(33)25(20)36-23)19-12-17(28(4,5)34)8-9-22(19)35-24-15(2)10-18(29)11-16(24)3;1-2/h8-14,34H,7H2,1-6H3,(H,30,32);1-2H3. The van der Waals surface area contributed by atoms with Crippen LogP contribution in [0.1, 0.15) is 61.0 Å². The van der Waals surface area contributed by atoms with Crippen LogP contribution in [-0.2, 0) is 12.6 Å². The minimum atomic E-state index is -1.13. The van der Waals surface area contributed by atoms with Gasteiger partial charge in [-0.1, -0.05) is 19.9 Å². The number of amides is 1. The van der Waals surface area contributed by atoms with Crippen molar-refractivity contribution in [1.29, 1.82) is 0 Å². The van der Waals surface area contributed by atoms with Gasteiger partial charge in [-0.2, -0.15) is 0 Å². The van der Waals surface area contributed by atoms with E-state index in [-0.39, 0.29) is 17.3 Å². The maximum absolute atomic E-state index is 13.9. The predicted molar refractivity (Wildman–Crippen MR) is 153 cm³/mol. The van der Waals surface area contributed by atoms with Crippen molar-refractivity contribution in [2.24, 2.45) is 7.05 Å². The van der Waals surface area contributed by atoms with Gasteiger partial charge in [0.1, 0.15) is 22.0 Å². The van der Waals surface area contributed by atoms with E-state index >= 15 is 0 Å². The number of halogens is 1. The van der Waals surface area contributed by atoms with E-state index in [9.17, 15) is 19.1 Å². The third kappa shape index (κ3) is 5.81. The van der Waals surface area contributed by atoms with E-state index < -0.39 is 5.60 Å². The molecule has 0 aliphatic rings. The van der Waals surface area contributed by atoms with Crippen molar-refractivity contribution in [2.75, 3.05) is 6.54 Å². The molecule has 2 N–H and O–H groups in total. The van der Waals surface area contributed by atoms with Crippen molar-refractivity contribution in [3.05, 3.63) is 80.3 Å². The highest BCUT2D eigenvalue weighted by Gasteiger charge is 2.23.